The van der Waals surface area contributed by atoms with Crippen molar-refractivity contribution in [2.75, 3.05) is 26.9 Å². The zero-order valence-corrected chi connectivity index (χ0v) is 20.2. The van der Waals surface area contributed by atoms with E-state index in [4.69, 9.17) is 9.47 Å². The summed E-state index contributed by atoms with van der Waals surface area (Å²) in [6.07, 6.45) is 3.95. The topological polar surface area (TPSA) is 88.2 Å². The first-order chi connectivity index (χ1) is 15.7. The van der Waals surface area contributed by atoms with Crippen LogP contribution in [0.4, 0.5) is 4.79 Å². The highest BCUT2D eigenvalue weighted by Gasteiger charge is 2.45. The quantitative estimate of drug-likeness (QED) is 0.631. The van der Waals surface area contributed by atoms with E-state index in [0.717, 1.165) is 32.1 Å². The van der Waals surface area contributed by atoms with Gasteiger partial charge in [0.15, 0.2) is 0 Å². The fourth-order valence-electron chi connectivity index (χ4n) is 4.49. The predicted octanol–water partition coefficient (Wildman–Crippen LogP) is 2.96. The van der Waals surface area contributed by atoms with Gasteiger partial charge >= 0.3 is 12.1 Å². The Morgan fingerprint density at radius 3 is 2.39 bits per heavy atom. The molecule has 2 amide bonds. The van der Waals surface area contributed by atoms with Gasteiger partial charge in [-0.2, -0.15) is 0 Å². The standard InChI is InChI=1S/C25H37N3O5/c1-25(2,3)21(26-24(31)33-19-12-8-9-13-19)22(29)28-17-27(16-20(28)23(30)32-4)15-14-18-10-6-5-7-11-18/h5-7,10-11,19-21H,8-9,12-17H2,1-4H3,(H,26,31)/t20-,21+/m0/s1. The molecule has 1 aliphatic carbocycles. The van der Waals surface area contributed by atoms with Crippen molar-refractivity contribution in [1.82, 2.24) is 15.1 Å². The van der Waals surface area contributed by atoms with Crippen LogP contribution in [0.25, 0.3) is 0 Å². The fraction of sp³-hybridized carbons (Fsp3) is 0.640. The molecule has 33 heavy (non-hydrogen) atoms. The molecule has 1 saturated heterocycles. The highest BCUT2D eigenvalue weighted by Crippen LogP contribution is 2.26. The molecule has 1 N–H and O–H groups in total. The number of nitrogens with one attached hydrogen (secondary N) is 1. The maximum absolute atomic E-state index is 13.6. The van der Waals surface area contributed by atoms with Crippen molar-refractivity contribution in [2.24, 2.45) is 5.41 Å². The molecule has 0 bridgehead atoms. The number of rotatable bonds is 7. The van der Waals surface area contributed by atoms with Crippen molar-refractivity contribution < 1.29 is 23.9 Å². The van der Waals surface area contributed by atoms with E-state index in [-0.39, 0.29) is 12.0 Å². The third-order valence-corrected chi connectivity index (χ3v) is 6.43. The summed E-state index contributed by atoms with van der Waals surface area (Å²) < 4.78 is 10.5. The van der Waals surface area contributed by atoms with Gasteiger partial charge in [-0.1, -0.05) is 51.1 Å². The van der Waals surface area contributed by atoms with Crippen molar-refractivity contribution in [2.45, 2.75) is 71.1 Å². The molecule has 3 rings (SSSR count). The van der Waals surface area contributed by atoms with Crippen molar-refractivity contribution in [3.63, 3.8) is 0 Å². The predicted molar refractivity (Wildman–Crippen MR) is 124 cm³/mol. The fourth-order valence-corrected chi connectivity index (χ4v) is 4.49. The first-order valence-electron chi connectivity index (χ1n) is 11.8. The largest absolute Gasteiger partial charge is 0.467 e. The molecule has 0 unspecified atom stereocenters. The normalized spacial score (nSPS) is 20.5. The Kier molecular flexibility index (Phi) is 8.35. The Morgan fingerprint density at radius 2 is 1.79 bits per heavy atom. The molecule has 2 fully saturated rings. The number of nitrogens with zero attached hydrogens (tertiary/aromatic N) is 2. The molecule has 182 valence electrons. The average Bonchev–Trinajstić information content (AvgIpc) is 3.45. The van der Waals surface area contributed by atoms with Crippen molar-refractivity contribution in [3.8, 4) is 0 Å². The van der Waals surface area contributed by atoms with E-state index in [1.807, 2.05) is 39.0 Å². The molecule has 8 nitrogen and oxygen atoms in total. The van der Waals surface area contributed by atoms with Gasteiger partial charge in [0.25, 0.3) is 0 Å². The van der Waals surface area contributed by atoms with E-state index in [1.165, 1.54) is 17.6 Å². The highest BCUT2D eigenvalue weighted by atomic mass is 16.6. The lowest BCUT2D eigenvalue weighted by Gasteiger charge is -2.34. The number of benzene rings is 1. The lowest BCUT2D eigenvalue weighted by atomic mass is 9.85. The number of ether oxygens (including phenoxy) is 2. The smallest absolute Gasteiger partial charge is 0.408 e. The third kappa shape index (κ3) is 6.69. The first kappa shape index (κ1) is 25.0. The molecule has 1 heterocycles. The molecule has 2 atom stereocenters. The second kappa shape index (κ2) is 11.0. The lowest BCUT2D eigenvalue weighted by Crippen LogP contribution is -2.57. The van der Waals surface area contributed by atoms with Crippen LogP contribution >= 0.6 is 0 Å². The minimum atomic E-state index is -0.826. The summed E-state index contributed by atoms with van der Waals surface area (Å²) in [5.74, 6) is -0.754. The van der Waals surface area contributed by atoms with Gasteiger partial charge in [-0.15, -0.1) is 0 Å². The minimum absolute atomic E-state index is 0.0937. The van der Waals surface area contributed by atoms with Crippen LogP contribution in [0.3, 0.4) is 0 Å². The Labute approximate surface area is 196 Å². The lowest BCUT2D eigenvalue weighted by molar-refractivity contribution is -0.152. The van der Waals surface area contributed by atoms with Gasteiger partial charge in [-0.05, 0) is 43.1 Å². The summed E-state index contributed by atoms with van der Waals surface area (Å²) in [5, 5.41) is 2.79. The van der Waals surface area contributed by atoms with Crippen LogP contribution in [0.5, 0.6) is 0 Å². The number of amides is 2. The van der Waals surface area contributed by atoms with Gasteiger partial charge in [0.05, 0.1) is 13.8 Å². The van der Waals surface area contributed by atoms with E-state index in [2.05, 4.69) is 22.3 Å². The Hall–Kier alpha value is -2.61. The van der Waals surface area contributed by atoms with E-state index in [0.29, 0.717) is 19.8 Å². The first-order valence-corrected chi connectivity index (χ1v) is 11.8. The summed E-state index contributed by atoms with van der Waals surface area (Å²) in [7, 11) is 1.33. The molecule has 1 aromatic rings. The third-order valence-electron chi connectivity index (χ3n) is 6.43. The zero-order chi connectivity index (χ0) is 24.0. The van der Waals surface area contributed by atoms with Crippen molar-refractivity contribution >= 4 is 18.0 Å². The van der Waals surface area contributed by atoms with Crippen molar-refractivity contribution in [1.29, 1.82) is 0 Å². The van der Waals surface area contributed by atoms with Crippen LogP contribution in [-0.4, -0.2) is 72.8 Å². The maximum atomic E-state index is 13.6. The van der Waals surface area contributed by atoms with Crippen LogP contribution in [-0.2, 0) is 25.5 Å². The number of alkyl carbamates (subject to hydrolysis) is 1. The summed E-state index contributed by atoms with van der Waals surface area (Å²) in [4.78, 5) is 42.3. The maximum Gasteiger partial charge on any atom is 0.408 e. The number of carbonyl (C=O) groups excluding carboxylic acids is 3. The van der Waals surface area contributed by atoms with Crippen LogP contribution in [0.15, 0.2) is 30.3 Å². The van der Waals surface area contributed by atoms with E-state index in [9.17, 15) is 14.4 Å². The van der Waals surface area contributed by atoms with Gasteiger partial charge in [0.2, 0.25) is 5.91 Å². The van der Waals surface area contributed by atoms with Gasteiger partial charge in [-0.25, -0.2) is 9.59 Å². The monoisotopic (exact) mass is 459 g/mol. The number of hydrogen-bond donors (Lipinski definition) is 1. The SMILES string of the molecule is COC(=O)[C@@H]1CN(CCc2ccccc2)CN1C(=O)[C@@H](NC(=O)OC1CCCC1)C(C)(C)C. The molecule has 0 spiro atoms. The number of esters is 1. The van der Waals surface area contributed by atoms with Gasteiger partial charge < -0.3 is 19.7 Å². The zero-order valence-electron chi connectivity index (χ0n) is 20.2. The van der Waals surface area contributed by atoms with Crippen molar-refractivity contribution in [3.05, 3.63) is 35.9 Å². The summed E-state index contributed by atoms with van der Waals surface area (Å²) in [6.45, 7) is 7.08. The minimum Gasteiger partial charge on any atom is -0.467 e. The molecule has 1 saturated carbocycles. The summed E-state index contributed by atoms with van der Waals surface area (Å²) in [5.41, 5.74) is 0.630. The van der Waals surface area contributed by atoms with Crippen LogP contribution in [0.2, 0.25) is 0 Å². The highest BCUT2D eigenvalue weighted by molar-refractivity contribution is 5.90. The molecule has 1 aromatic carbocycles. The molecular weight excluding hydrogens is 422 g/mol. The second-order valence-corrected chi connectivity index (χ2v) is 10.1. The van der Waals surface area contributed by atoms with E-state index < -0.39 is 29.6 Å². The second-order valence-electron chi connectivity index (χ2n) is 10.1. The summed E-state index contributed by atoms with van der Waals surface area (Å²) >= 11 is 0. The summed E-state index contributed by atoms with van der Waals surface area (Å²) in [6, 6.07) is 8.56. The van der Waals surface area contributed by atoms with Gasteiger partial charge in [0.1, 0.15) is 18.2 Å². The molecule has 1 aliphatic heterocycles. The molecule has 0 aromatic heterocycles. The molecule has 2 aliphatic rings. The van der Waals surface area contributed by atoms with Gasteiger partial charge in [-0.3, -0.25) is 9.69 Å². The van der Waals surface area contributed by atoms with E-state index in [1.54, 1.807) is 0 Å². The molecular formula is C25H37N3O5. The van der Waals surface area contributed by atoms with E-state index >= 15 is 0 Å². The van der Waals surface area contributed by atoms with Crippen LogP contribution < -0.4 is 5.32 Å². The van der Waals surface area contributed by atoms with Crippen LogP contribution in [0, 0.1) is 5.41 Å². The average molecular weight is 460 g/mol. The Morgan fingerprint density at radius 1 is 1.12 bits per heavy atom. The number of methoxy groups -OCH3 is 1. The Balaban J connectivity index is 1.69. The molecule has 0 radical (unpaired) electrons. The van der Waals surface area contributed by atoms with Crippen LogP contribution in [0.1, 0.15) is 52.0 Å². The Bertz CT molecular complexity index is 817. The molecule has 8 heteroatoms. The number of carbonyl (C=O) groups is 3. The number of hydrogen-bond acceptors (Lipinski definition) is 6. The van der Waals surface area contributed by atoms with Gasteiger partial charge in [0, 0.05) is 13.1 Å².